The fraction of sp³-hybridized carbons (Fsp3) is 0.769. The molecule has 0 aromatic carbocycles. The Morgan fingerprint density at radius 1 is 1.04 bits per heavy atom. The van der Waals surface area contributed by atoms with E-state index in [9.17, 15) is 5.11 Å². The number of hydrogen-bond donors (Lipinski definition) is 1. The van der Waals surface area contributed by atoms with E-state index in [1.807, 2.05) is 0 Å². The molecule has 0 radical (unpaired) electrons. The lowest BCUT2D eigenvalue weighted by Crippen LogP contribution is -2.36. The average Bonchev–Trinajstić information content (AvgIpc) is 3.05. The maximum Gasteiger partial charge on any atom is 0.0787 e. The molecule has 3 aliphatic carbocycles. The second kappa shape index (κ2) is 8.88. The fourth-order valence-corrected chi connectivity index (χ4v) is 6.77. The Morgan fingerprint density at radius 3 is 2.68 bits per heavy atom. The quantitative estimate of drug-likeness (QED) is 0.640. The number of aliphatic hydroxyl groups excluding tert-OH is 1. The topological polar surface area (TPSA) is 23.5 Å². The van der Waals surface area contributed by atoms with Crippen LogP contribution in [-0.4, -0.2) is 35.7 Å². The maximum absolute atomic E-state index is 10.1. The molecule has 2 nitrogen and oxygen atoms in total. The van der Waals surface area contributed by atoms with Gasteiger partial charge in [-0.15, -0.1) is 0 Å². The van der Waals surface area contributed by atoms with Gasteiger partial charge in [-0.2, -0.15) is 0 Å². The van der Waals surface area contributed by atoms with E-state index in [0.717, 1.165) is 36.7 Å². The van der Waals surface area contributed by atoms with Crippen LogP contribution in [0, 0.1) is 17.3 Å². The summed E-state index contributed by atoms with van der Waals surface area (Å²) in [5.41, 5.74) is 4.46. The summed E-state index contributed by atoms with van der Waals surface area (Å²) in [4.78, 5) is 2.73. The van der Waals surface area contributed by atoms with Crippen molar-refractivity contribution < 1.29 is 5.11 Å². The van der Waals surface area contributed by atoms with E-state index in [1.165, 1.54) is 83.0 Å². The molecule has 156 valence electrons. The van der Waals surface area contributed by atoms with Gasteiger partial charge in [0.1, 0.15) is 0 Å². The van der Waals surface area contributed by atoms with Crippen LogP contribution in [-0.2, 0) is 0 Å². The van der Waals surface area contributed by atoms with Crippen LogP contribution in [0.25, 0.3) is 0 Å². The smallest absolute Gasteiger partial charge is 0.0787 e. The zero-order chi connectivity index (χ0) is 19.6. The van der Waals surface area contributed by atoms with Crippen LogP contribution in [0.5, 0.6) is 0 Å². The monoisotopic (exact) mass is 383 g/mol. The van der Waals surface area contributed by atoms with E-state index in [0.29, 0.717) is 5.41 Å². The SMILES string of the molecule is C=C1/C(=C\C=C2/CCCC3(C)C2CC[C@@H]3CCN2CCCCC2)CCC[C@@H]1O. The summed E-state index contributed by atoms with van der Waals surface area (Å²) in [6, 6.07) is 0. The van der Waals surface area contributed by atoms with Crippen molar-refractivity contribution in [3.05, 3.63) is 35.5 Å². The van der Waals surface area contributed by atoms with Crippen molar-refractivity contribution >= 4 is 0 Å². The number of aliphatic hydroxyl groups is 1. The van der Waals surface area contributed by atoms with E-state index in [1.54, 1.807) is 5.57 Å². The highest BCUT2D eigenvalue weighted by molar-refractivity contribution is 5.37. The summed E-state index contributed by atoms with van der Waals surface area (Å²) in [6.07, 6.45) is 20.0. The lowest BCUT2D eigenvalue weighted by Gasteiger charge is -2.43. The van der Waals surface area contributed by atoms with Crippen LogP contribution >= 0.6 is 0 Å². The molecule has 0 aromatic heterocycles. The van der Waals surface area contributed by atoms with Gasteiger partial charge < -0.3 is 10.0 Å². The van der Waals surface area contributed by atoms with Crippen LogP contribution in [0.2, 0.25) is 0 Å². The number of nitrogens with zero attached hydrogens (tertiary/aromatic N) is 1. The molecule has 1 saturated heterocycles. The zero-order valence-corrected chi connectivity index (χ0v) is 18.1. The highest BCUT2D eigenvalue weighted by atomic mass is 16.3. The van der Waals surface area contributed by atoms with Crippen LogP contribution in [0.1, 0.15) is 84.0 Å². The highest BCUT2D eigenvalue weighted by Gasteiger charge is 2.48. The zero-order valence-electron chi connectivity index (χ0n) is 18.1. The van der Waals surface area contributed by atoms with Crippen molar-refractivity contribution in [3.63, 3.8) is 0 Å². The number of rotatable bonds is 4. The van der Waals surface area contributed by atoms with Gasteiger partial charge in [0.05, 0.1) is 6.10 Å². The first-order valence-electron chi connectivity index (χ1n) is 12.1. The molecule has 28 heavy (non-hydrogen) atoms. The second-order valence-corrected chi connectivity index (χ2v) is 10.2. The van der Waals surface area contributed by atoms with Gasteiger partial charge in [0.25, 0.3) is 0 Å². The van der Waals surface area contributed by atoms with Crippen molar-refractivity contribution in [1.29, 1.82) is 0 Å². The summed E-state index contributed by atoms with van der Waals surface area (Å²) in [6.45, 7) is 10.8. The Hall–Kier alpha value is -0.860. The molecular formula is C26H41NO. The van der Waals surface area contributed by atoms with E-state index in [2.05, 4.69) is 30.6 Å². The molecule has 0 spiro atoms. The standard InChI is InChI=1S/C26H41NO/c1-20-21(8-6-10-25(20)28)11-12-22-9-7-16-26(2)23(13-14-24(22)26)15-19-27-17-4-3-5-18-27/h11-12,23-25,28H,1,3-10,13-19H2,2H3/b21-11-,22-12+/t23-,24?,25+,26?/m1/s1. The fourth-order valence-electron chi connectivity index (χ4n) is 6.77. The summed E-state index contributed by atoms with van der Waals surface area (Å²) in [5, 5.41) is 10.1. The van der Waals surface area contributed by atoms with E-state index < -0.39 is 0 Å². The lowest BCUT2D eigenvalue weighted by molar-refractivity contribution is 0.112. The third-order valence-corrected chi connectivity index (χ3v) is 8.64. The highest BCUT2D eigenvalue weighted by Crippen LogP contribution is 2.58. The summed E-state index contributed by atoms with van der Waals surface area (Å²) >= 11 is 0. The Labute approximate surface area is 172 Å². The first kappa shape index (κ1) is 20.4. The molecular weight excluding hydrogens is 342 g/mol. The Morgan fingerprint density at radius 2 is 1.86 bits per heavy atom. The normalized spacial score (nSPS) is 40.2. The van der Waals surface area contributed by atoms with Gasteiger partial charge in [0.2, 0.25) is 0 Å². The van der Waals surface area contributed by atoms with Crippen LogP contribution in [0.4, 0.5) is 0 Å². The van der Waals surface area contributed by atoms with E-state index in [4.69, 9.17) is 0 Å². The minimum absolute atomic E-state index is 0.319. The molecule has 2 unspecified atom stereocenters. The van der Waals surface area contributed by atoms with E-state index in [-0.39, 0.29) is 6.10 Å². The number of fused-ring (bicyclic) bond motifs is 1. The molecule has 0 amide bonds. The number of allylic oxidation sites excluding steroid dienone is 3. The molecule has 0 bridgehead atoms. The maximum atomic E-state index is 10.1. The summed E-state index contributed by atoms with van der Waals surface area (Å²) in [5.74, 6) is 1.69. The molecule has 1 N–H and O–H groups in total. The molecule has 4 atom stereocenters. The lowest BCUT2D eigenvalue weighted by atomic mass is 9.63. The number of likely N-dealkylation sites (tertiary alicyclic amines) is 1. The Kier molecular flexibility index (Phi) is 6.47. The molecule has 1 heterocycles. The summed E-state index contributed by atoms with van der Waals surface area (Å²) in [7, 11) is 0. The largest absolute Gasteiger partial charge is 0.388 e. The Balaban J connectivity index is 1.42. The van der Waals surface area contributed by atoms with Gasteiger partial charge in [0, 0.05) is 0 Å². The third-order valence-electron chi connectivity index (χ3n) is 8.64. The minimum atomic E-state index is -0.319. The second-order valence-electron chi connectivity index (χ2n) is 10.2. The van der Waals surface area contributed by atoms with Gasteiger partial charge in [-0.05, 0) is 119 Å². The van der Waals surface area contributed by atoms with Crippen molar-refractivity contribution in [2.24, 2.45) is 17.3 Å². The summed E-state index contributed by atoms with van der Waals surface area (Å²) < 4.78 is 0. The van der Waals surface area contributed by atoms with Crippen molar-refractivity contribution in [2.75, 3.05) is 19.6 Å². The van der Waals surface area contributed by atoms with Crippen molar-refractivity contribution in [3.8, 4) is 0 Å². The number of hydrogen-bond acceptors (Lipinski definition) is 2. The minimum Gasteiger partial charge on any atom is -0.388 e. The molecule has 2 heteroatoms. The first-order valence-corrected chi connectivity index (χ1v) is 12.1. The predicted octanol–water partition coefficient (Wildman–Crippen LogP) is 6.03. The number of piperidine rings is 1. The average molecular weight is 384 g/mol. The molecule has 4 aliphatic rings. The van der Waals surface area contributed by atoms with Gasteiger partial charge in [0.15, 0.2) is 0 Å². The van der Waals surface area contributed by atoms with Crippen LogP contribution < -0.4 is 0 Å². The van der Waals surface area contributed by atoms with Gasteiger partial charge >= 0.3 is 0 Å². The predicted molar refractivity (Wildman–Crippen MR) is 118 cm³/mol. The van der Waals surface area contributed by atoms with Crippen molar-refractivity contribution in [2.45, 2.75) is 90.1 Å². The van der Waals surface area contributed by atoms with Gasteiger partial charge in [-0.25, -0.2) is 0 Å². The van der Waals surface area contributed by atoms with E-state index >= 15 is 0 Å². The Bertz CT molecular complexity index is 626. The molecule has 0 aromatic rings. The third kappa shape index (κ3) is 4.19. The molecule has 4 rings (SSSR count). The van der Waals surface area contributed by atoms with Crippen LogP contribution in [0.15, 0.2) is 35.5 Å². The molecule has 1 aliphatic heterocycles. The molecule has 4 fully saturated rings. The first-order chi connectivity index (χ1) is 13.6. The van der Waals surface area contributed by atoms with Crippen LogP contribution in [0.3, 0.4) is 0 Å². The molecule has 3 saturated carbocycles. The van der Waals surface area contributed by atoms with Crippen molar-refractivity contribution in [1.82, 2.24) is 4.90 Å². The van der Waals surface area contributed by atoms with Gasteiger partial charge in [-0.3, -0.25) is 0 Å². The van der Waals surface area contributed by atoms with Gasteiger partial charge in [-0.1, -0.05) is 37.6 Å².